The summed E-state index contributed by atoms with van der Waals surface area (Å²) in [5.41, 5.74) is 3.93. The molecule has 0 spiro atoms. The number of hydrogen-bond donors (Lipinski definition) is 2. The van der Waals surface area contributed by atoms with Crippen molar-refractivity contribution in [2.45, 2.75) is 45.1 Å². The number of rotatable bonds is 7. The lowest BCUT2D eigenvalue weighted by Gasteiger charge is -2.15. The van der Waals surface area contributed by atoms with E-state index in [0.717, 1.165) is 12.0 Å². The number of unbranched alkanes of at least 4 members (excludes halogenated alkanes) is 3. The van der Waals surface area contributed by atoms with E-state index in [1.54, 1.807) is 12.3 Å². The molecular formula is C12H20ClN3. The molecule has 0 aliphatic heterocycles. The molecule has 1 heterocycles. The molecule has 0 saturated carbocycles. The normalized spacial score (nSPS) is 12.7. The van der Waals surface area contributed by atoms with Crippen molar-refractivity contribution in [1.29, 1.82) is 0 Å². The first kappa shape index (κ1) is 13.4. The lowest BCUT2D eigenvalue weighted by Crippen LogP contribution is -2.28. The largest absolute Gasteiger partial charge is 0.271 e. The van der Waals surface area contributed by atoms with Gasteiger partial charge in [0.15, 0.2) is 0 Å². The Kier molecular flexibility index (Phi) is 6.38. The lowest BCUT2D eigenvalue weighted by molar-refractivity contribution is 0.481. The zero-order valence-electron chi connectivity index (χ0n) is 9.75. The first-order chi connectivity index (χ1) is 7.77. The lowest BCUT2D eigenvalue weighted by atomic mass is 10.0. The van der Waals surface area contributed by atoms with Gasteiger partial charge in [0.25, 0.3) is 0 Å². The zero-order chi connectivity index (χ0) is 11.8. The maximum absolute atomic E-state index is 5.74. The first-order valence-corrected chi connectivity index (χ1v) is 6.23. The van der Waals surface area contributed by atoms with Gasteiger partial charge in [-0.05, 0) is 18.1 Å². The zero-order valence-corrected chi connectivity index (χ0v) is 10.5. The second kappa shape index (κ2) is 7.60. The molecule has 1 rings (SSSR count). The van der Waals surface area contributed by atoms with Gasteiger partial charge >= 0.3 is 0 Å². The highest BCUT2D eigenvalue weighted by Crippen LogP contribution is 2.19. The highest BCUT2D eigenvalue weighted by atomic mass is 35.5. The minimum atomic E-state index is 0.182. The van der Waals surface area contributed by atoms with Crippen molar-refractivity contribution in [2.75, 3.05) is 0 Å². The molecule has 3 nitrogen and oxygen atoms in total. The van der Waals surface area contributed by atoms with Crippen LogP contribution in [-0.4, -0.2) is 4.98 Å². The highest BCUT2D eigenvalue weighted by Gasteiger charge is 2.09. The predicted molar refractivity (Wildman–Crippen MR) is 68.1 cm³/mol. The van der Waals surface area contributed by atoms with E-state index in [2.05, 4.69) is 17.3 Å². The number of nitrogens with zero attached hydrogens (tertiary/aromatic N) is 1. The van der Waals surface area contributed by atoms with Crippen LogP contribution in [0.15, 0.2) is 18.3 Å². The number of aromatic nitrogens is 1. The molecule has 1 aromatic rings. The van der Waals surface area contributed by atoms with Crippen LogP contribution in [0.1, 0.15) is 50.6 Å². The van der Waals surface area contributed by atoms with Crippen LogP contribution in [0.4, 0.5) is 0 Å². The van der Waals surface area contributed by atoms with Crippen molar-refractivity contribution in [3.63, 3.8) is 0 Å². The number of hydrogen-bond acceptors (Lipinski definition) is 3. The summed E-state index contributed by atoms with van der Waals surface area (Å²) >= 11 is 5.74. The van der Waals surface area contributed by atoms with Crippen LogP contribution in [0.2, 0.25) is 5.15 Å². The fourth-order valence-electron chi connectivity index (χ4n) is 1.71. The monoisotopic (exact) mass is 241 g/mol. The van der Waals surface area contributed by atoms with Crippen molar-refractivity contribution in [1.82, 2.24) is 10.4 Å². The predicted octanol–water partition coefficient (Wildman–Crippen LogP) is 3.21. The van der Waals surface area contributed by atoms with Gasteiger partial charge in [0.05, 0.1) is 0 Å². The van der Waals surface area contributed by atoms with Gasteiger partial charge in [0.2, 0.25) is 0 Å². The van der Waals surface area contributed by atoms with E-state index in [0.29, 0.717) is 5.15 Å². The van der Waals surface area contributed by atoms with Crippen molar-refractivity contribution in [3.8, 4) is 0 Å². The summed E-state index contributed by atoms with van der Waals surface area (Å²) in [6, 6.07) is 3.95. The topological polar surface area (TPSA) is 50.9 Å². The van der Waals surface area contributed by atoms with Crippen LogP contribution >= 0.6 is 11.6 Å². The first-order valence-electron chi connectivity index (χ1n) is 5.85. The van der Waals surface area contributed by atoms with E-state index in [4.69, 9.17) is 17.4 Å². The Hall–Kier alpha value is -0.640. The smallest absolute Gasteiger partial charge is 0.129 e. The second-order valence-corrected chi connectivity index (χ2v) is 4.37. The number of pyridine rings is 1. The highest BCUT2D eigenvalue weighted by molar-refractivity contribution is 6.29. The average molecular weight is 242 g/mol. The Morgan fingerprint density at radius 1 is 1.38 bits per heavy atom. The van der Waals surface area contributed by atoms with Gasteiger partial charge in [-0.2, -0.15) is 0 Å². The Labute approximate surface area is 102 Å². The van der Waals surface area contributed by atoms with E-state index >= 15 is 0 Å². The minimum Gasteiger partial charge on any atom is -0.271 e. The molecule has 90 valence electrons. The second-order valence-electron chi connectivity index (χ2n) is 3.98. The third kappa shape index (κ3) is 4.47. The number of halogens is 1. The Morgan fingerprint density at radius 3 is 2.75 bits per heavy atom. The third-order valence-corrected chi connectivity index (χ3v) is 2.92. The molecule has 1 unspecified atom stereocenters. The molecular weight excluding hydrogens is 222 g/mol. The Balaban J connectivity index is 2.44. The van der Waals surface area contributed by atoms with E-state index in [1.165, 1.54) is 25.7 Å². The van der Waals surface area contributed by atoms with Crippen LogP contribution in [0.25, 0.3) is 0 Å². The third-order valence-electron chi connectivity index (χ3n) is 2.70. The Bertz CT molecular complexity index is 287. The molecule has 0 aromatic carbocycles. The SMILES string of the molecule is CCCCCCC(NN)c1ccc(Cl)nc1. The summed E-state index contributed by atoms with van der Waals surface area (Å²) in [4.78, 5) is 4.06. The van der Waals surface area contributed by atoms with Gasteiger partial charge in [-0.1, -0.05) is 50.3 Å². The number of nitrogens with two attached hydrogens (primary N) is 1. The summed E-state index contributed by atoms with van der Waals surface area (Å²) in [5, 5.41) is 0.519. The molecule has 0 bridgehead atoms. The van der Waals surface area contributed by atoms with E-state index in [-0.39, 0.29) is 6.04 Å². The summed E-state index contributed by atoms with van der Waals surface area (Å²) < 4.78 is 0. The molecule has 0 aliphatic rings. The minimum absolute atomic E-state index is 0.182. The number of hydrazine groups is 1. The maximum Gasteiger partial charge on any atom is 0.129 e. The molecule has 1 aromatic heterocycles. The summed E-state index contributed by atoms with van der Waals surface area (Å²) in [7, 11) is 0. The van der Waals surface area contributed by atoms with E-state index in [9.17, 15) is 0 Å². The van der Waals surface area contributed by atoms with E-state index in [1.807, 2.05) is 6.07 Å². The molecule has 3 N–H and O–H groups in total. The van der Waals surface area contributed by atoms with Gasteiger partial charge < -0.3 is 0 Å². The fraction of sp³-hybridized carbons (Fsp3) is 0.583. The van der Waals surface area contributed by atoms with Gasteiger partial charge in [-0.15, -0.1) is 0 Å². The standard InChI is InChI=1S/C12H20ClN3/c1-2-3-4-5-6-11(16-14)10-7-8-12(13)15-9-10/h7-9,11,16H,2-6,14H2,1H3. The Morgan fingerprint density at radius 2 is 2.19 bits per heavy atom. The van der Waals surface area contributed by atoms with Crippen molar-refractivity contribution >= 4 is 11.6 Å². The van der Waals surface area contributed by atoms with Crippen LogP contribution in [0.5, 0.6) is 0 Å². The van der Waals surface area contributed by atoms with Gasteiger partial charge in [-0.25, -0.2) is 4.98 Å². The van der Waals surface area contributed by atoms with Crippen LogP contribution in [0, 0.1) is 0 Å². The molecule has 0 radical (unpaired) electrons. The molecule has 0 amide bonds. The van der Waals surface area contributed by atoms with E-state index < -0.39 is 0 Å². The van der Waals surface area contributed by atoms with Crippen LogP contribution in [0.3, 0.4) is 0 Å². The van der Waals surface area contributed by atoms with Crippen molar-refractivity contribution < 1.29 is 0 Å². The molecule has 0 fully saturated rings. The number of nitrogens with one attached hydrogen (secondary N) is 1. The molecule has 1 atom stereocenters. The molecule has 4 heteroatoms. The van der Waals surface area contributed by atoms with Crippen molar-refractivity contribution in [2.24, 2.45) is 5.84 Å². The van der Waals surface area contributed by atoms with Crippen molar-refractivity contribution in [3.05, 3.63) is 29.0 Å². The van der Waals surface area contributed by atoms with Crippen LogP contribution in [-0.2, 0) is 0 Å². The van der Waals surface area contributed by atoms with Gasteiger partial charge in [0, 0.05) is 12.2 Å². The molecule has 16 heavy (non-hydrogen) atoms. The molecule has 0 aliphatic carbocycles. The van der Waals surface area contributed by atoms with Gasteiger partial charge in [0.1, 0.15) is 5.15 Å². The quantitative estimate of drug-likeness (QED) is 0.334. The fourth-order valence-corrected chi connectivity index (χ4v) is 1.83. The summed E-state index contributed by atoms with van der Waals surface area (Å²) in [6.07, 6.45) is 7.81. The summed E-state index contributed by atoms with van der Waals surface area (Å²) in [6.45, 7) is 2.21. The van der Waals surface area contributed by atoms with Crippen LogP contribution < -0.4 is 11.3 Å². The summed E-state index contributed by atoms with van der Waals surface area (Å²) in [5.74, 6) is 5.55. The maximum atomic E-state index is 5.74. The molecule has 0 saturated heterocycles. The average Bonchev–Trinajstić information content (AvgIpc) is 2.31. The van der Waals surface area contributed by atoms with Gasteiger partial charge in [-0.3, -0.25) is 11.3 Å².